The summed E-state index contributed by atoms with van der Waals surface area (Å²) in [6.45, 7) is 9.23. The van der Waals surface area contributed by atoms with Gasteiger partial charge in [0.15, 0.2) is 0 Å². The van der Waals surface area contributed by atoms with Gasteiger partial charge in [-0.25, -0.2) is 9.78 Å². The molecule has 0 atom stereocenters. The van der Waals surface area contributed by atoms with Crippen LogP contribution in [0.5, 0.6) is 0 Å². The Morgan fingerprint density at radius 1 is 1.03 bits per heavy atom. The van der Waals surface area contributed by atoms with Crippen molar-refractivity contribution >= 4 is 39.4 Å². The minimum absolute atomic E-state index is 0.0959. The van der Waals surface area contributed by atoms with Crippen molar-refractivity contribution in [3.05, 3.63) is 58.0 Å². The molecule has 9 nitrogen and oxygen atoms in total. The molecule has 38 heavy (non-hydrogen) atoms. The summed E-state index contributed by atoms with van der Waals surface area (Å²) in [6.07, 6.45) is 3.74. The van der Waals surface area contributed by atoms with Crippen molar-refractivity contribution in [2.24, 2.45) is 21.1 Å². The SMILES string of the molecule is Cn1cc(-c2cc3nc(C(C)(C)C)n(-c4cc(N5CC(C)(O)C5)c5c(c4)n(C)c(=O)n5C)c3cc2Cl)cn1. The smallest absolute Gasteiger partial charge is 0.328 e. The van der Waals surface area contributed by atoms with E-state index in [1.165, 1.54) is 0 Å². The molecule has 1 saturated heterocycles. The monoisotopic (exact) mass is 533 g/mol. The Kier molecular flexibility index (Phi) is 5.19. The van der Waals surface area contributed by atoms with Crippen LogP contribution in [0.3, 0.4) is 0 Å². The van der Waals surface area contributed by atoms with E-state index < -0.39 is 5.60 Å². The lowest BCUT2D eigenvalue weighted by atomic mass is 9.95. The maximum Gasteiger partial charge on any atom is 0.328 e. The highest BCUT2D eigenvalue weighted by Crippen LogP contribution is 2.39. The maximum atomic E-state index is 13.0. The third-order valence-corrected chi connectivity index (χ3v) is 7.73. The van der Waals surface area contributed by atoms with Gasteiger partial charge in [0.1, 0.15) is 5.82 Å². The zero-order valence-electron chi connectivity index (χ0n) is 22.7. The van der Waals surface area contributed by atoms with E-state index in [1.807, 2.05) is 38.4 Å². The summed E-state index contributed by atoms with van der Waals surface area (Å²) in [7, 11) is 5.46. The van der Waals surface area contributed by atoms with E-state index in [4.69, 9.17) is 16.6 Å². The number of aryl methyl sites for hydroxylation is 3. The summed E-state index contributed by atoms with van der Waals surface area (Å²) in [5, 5.41) is 15.4. The first-order valence-electron chi connectivity index (χ1n) is 12.6. The van der Waals surface area contributed by atoms with Crippen LogP contribution in [0.4, 0.5) is 5.69 Å². The quantitative estimate of drug-likeness (QED) is 0.377. The van der Waals surface area contributed by atoms with Crippen molar-refractivity contribution in [1.29, 1.82) is 0 Å². The van der Waals surface area contributed by atoms with Crippen LogP contribution in [-0.4, -0.2) is 52.3 Å². The van der Waals surface area contributed by atoms with Crippen molar-refractivity contribution < 1.29 is 5.11 Å². The highest BCUT2D eigenvalue weighted by atomic mass is 35.5. The van der Waals surface area contributed by atoms with Crippen molar-refractivity contribution in [3.63, 3.8) is 0 Å². The second-order valence-corrected chi connectivity index (χ2v) is 12.2. The van der Waals surface area contributed by atoms with Gasteiger partial charge in [0, 0.05) is 57.0 Å². The van der Waals surface area contributed by atoms with Crippen molar-refractivity contribution in [2.45, 2.75) is 38.7 Å². The van der Waals surface area contributed by atoms with Crippen molar-refractivity contribution in [1.82, 2.24) is 28.5 Å². The molecule has 1 N–H and O–H groups in total. The van der Waals surface area contributed by atoms with E-state index in [1.54, 1.807) is 34.1 Å². The molecule has 0 unspecified atom stereocenters. The van der Waals surface area contributed by atoms with Gasteiger partial charge in [-0.3, -0.25) is 18.4 Å². The number of benzene rings is 2. The van der Waals surface area contributed by atoms with Gasteiger partial charge in [0.2, 0.25) is 0 Å². The number of hydrogen-bond donors (Lipinski definition) is 1. The Bertz CT molecular complexity index is 1810. The molecule has 0 spiro atoms. The number of aliphatic hydroxyl groups is 1. The molecule has 3 aromatic heterocycles. The second-order valence-electron chi connectivity index (χ2n) is 11.8. The second kappa shape index (κ2) is 7.97. The summed E-state index contributed by atoms with van der Waals surface area (Å²) < 4.78 is 7.24. The molecule has 198 valence electrons. The average Bonchev–Trinajstić information content (AvgIpc) is 3.47. The first-order chi connectivity index (χ1) is 17.7. The summed E-state index contributed by atoms with van der Waals surface area (Å²) in [5.74, 6) is 0.883. The number of imidazole rings is 2. The molecule has 1 aliphatic heterocycles. The fraction of sp³-hybridized carbons (Fsp3) is 0.393. The van der Waals surface area contributed by atoms with Crippen LogP contribution in [0.2, 0.25) is 5.02 Å². The lowest BCUT2D eigenvalue weighted by Crippen LogP contribution is -2.60. The summed E-state index contributed by atoms with van der Waals surface area (Å²) in [5.41, 5.74) is 5.83. The van der Waals surface area contributed by atoms with Crippen LogP contribution < -0.4 is 10.6 Å². The average molecular weight is 534 g/mol. The number of halogens is 1. The Balaban J connectivity index is 1.65. The molecular formula is C28H32ClN7O2. The highest BCUT2D eigenvalue weighted by Gasteiger charge is 2.38. The lowest BCUT2D eigenvalue weighted by molar-refractivity contribution is 0.0312. The number of anilines is 1. The highest BCUT2D eigenvalue weighted by molar-refractivity contribution is 6.34. The molecule has 10 heteroatoms. The number of β-amino-alcohol motifs (C(OH)–C–C–N with tert-alkyl or cyclic N) is 1. The maximum absolute atomic E-state index is 13.0. The molecule has 1 aliphatic rings. The van der Waals surface area contributed by atoms with Crippen LogP contribution in [0.25, 0.3) is 38.9 Å². The van der Waals surface area contributed by atoms with Crippen LogP contribution in [-0.2, 0) is 26.6 Å². The number of rotatable bonds is 3. The van der Waals surface area contributed by atoms with Gasteiger partial charge in [-0.15, -0.1) is 0 Å². The zero-order chi connectivity index (χ0) is 27.3. The number of aromatic nitrogens is 6. The molecule has 0 bridgehead atoms. The molecule has 6 rings (SSSR count). The lowest BCUT2D eigenvalue weighted by Gasteiger charge is -2.46. The fourth-order valence-electron chi connectivity index (χ4n) is 5.57. The van der Waals surface area contributed by atoms with E-state index in [9.17, 15) is 9.90 Å². The summed E-state index contributed by atoms with van der Waals surface area (Å²) in [6, 6.07) is 8.11. The van der Waals surface area contributed by atoms with Gasteiger partial charge in [-0.2, -0.15) is 5.10 Å². The molecule has 5 aromatic rings. The van der Waals surface area contributed by atoms with Gasteiger partial charge >= 0.3 is 5.69 Å². The molecule has 4 heterocycles. The molecular weight excluding hydrogens is 502 g/mol. The number of fused-ring (bicyclic) bond motifs is 2. The van der Waals surface area contributed by atoms with Crippen molar-refractivity contribution in [2.75, 3.05) is 18.0 Å². The van der Waals surface area contributed by atoms with E-state index in [-0.39, 0.29) is 11.1 Å². The third-order valence-electron chi connectivity index (χ3n) is 7.42. The third kappa shape index (κ3) is 3.67. The Morgan fingerprint density at radius 2 is 1.74 bits per heavy atom. The summed E-state index contributed by atoms with van der Waals surface area (Å²) >= 11 is 6.86. The fourth-order valence-corrected chi connectivity index (χ4v) is 5.84. The Morgan fingerprint density at radius 3 is 2.34 bits per heavy atom. The predicted octanol–water partition coefficient (Wildman–Crippen LogP) is 4.14. The standard InChI is InChI=1S/C28H32ClN7O2/c1-27(2,3)25-31-20-10-18(16-12-30-32(5)13-16)19(29)11-21(20)36(25)17-8-22-24(34(7)26(37)33(22)6)23(9-17)35-14-28(4,38)15-35/h8-13,38H,14-15H2,1-7H3. The van der Waals surface area contributed by atoms with Gasteiger partial charge in [0.25, 0.3) is 0 Å². The van der Waals surface area contributed by atoms with Crippen LogP contribution in [0.15, 0.2) is 41.5 Å². The van der Waals surface area contributed by atoms with Gasteiger partial charge < -0.3 is 10.0 Å². The molecule has 0 amide bonds. The van der Waals surface area contributed by atoms with Crippen LogP contribution >= 0.6 is 11.6 Å². The van der Waals surface area contributed by atoms with Gasteiger partial charge in [-0.05, 0) is 31.2 Å². The molecule has 2 aromatic carbocycles. The van der Waals surface area contributed by atoms with E-state index in [2.05, 4.69) is 41.4 Å². The van der Waals surface area contributed by atoms with Gasteiger partial charge in [-0.1, -0.05) is 32.4 Å². The van der Waals surface area contributed by atoms with Gasteiger partial charge in [0.05, 0.1) is 50.3 Å². The normalized spacial score (nSPS) is 15.6. The minimum Gasteiger partial charge on any atom is -0.386 e. The first kappa shape index (κ1) is 24.8. The predicted molar refractivity (Wildman–Crippen MR) is 152 cm³/mol. The number of nitrogens with zero attached hydrogens (tertiary/aromatic N) is 7. The Labute approximate surface area is 225 Å². The van der Waals surface area contributed by atoms with E-state index in [0.29, 0.717) is 18.1 Å². The molecule has 0 radical (unpaired) electrons. The van der Waals surface area contributed by atoms with Crippen molar-refractivity contribution in [3.8, 4) is 16.8 Å². The minimum atomic E-state index is -0.759. The molecule has 0 aliphatic carbocycles. The Hall–Kier alpha value is -3.56. The van der Waals surface area contributed by atoms with Crippen LogP contribution in [0.1, 0.15) is 33.5 Å². The molecule has 0 saturated carbocycles. The zero-order valence-corrected chi connectivity index (χ0v) is 23.5. The largest absolute Gasteiger partial charge is 0.386 e. The summed E-state index contributed by atoms with van der Waals surface area (Å²) in [4.78, 5) is 20.2. The van der Waals surface area contributed by atoms with E-state index in [0.717, 1.165) is 50.4 Å². The first-order valence-corrected chi connectivity index (χ1v) is 13.0. The van der Waals surface area contributed by atoms with Crippen LogP contribution in [0, 0.1) is 0 Å². The number of hydrogen-bond acceptors (Lipinski definition) is 5. The van der Waals surface area contributed by atoms with E-state index >= 15 is 0 Å². The molecule has 1 fully saturated rings. The topological polar surface area (TPSA) is 86.0 Å².